The van der Waals surface area contributed by atoms with Crippen LogP contribution in [0.3, 0.4) is 0 Å². The maximum absolute atomic E-state index is 3.76. The van der Waals surface area contributed by atoms with Crippen molar-refractivity contribution in [1.29, 1.82) is 0 Å². The van der Waals surface area contributed by atoms with Crippen LogP contribution in [0.5, 0.6) is 0 Å². The van der Waals surface area contributed by atoms with E-state index in [1.165, 1.54) is 47.9 Å². The Balaban J connectivity index is 1.97. The van der Waals surface area contributed by atoms with Crippen LogP contribution in [0.25, 0.3) is 0 Å². The van der Waals surface area contributed by atoms with Crippen molar-refractivity contribution >= 4 is 27.3 Å². The predicted octanol–water partition coefficient (Wildman–Crippen LogP) is 4.61. The van der Waals surface area contributed by atoms with Gasteiger partial charge in [-0.3, -0.25) is 0 Å². The molecule has 2 rings (SSSR count). The van der Waals surface area contributed by atoms with Crippen LogP contribution in [0, 0.1) is 5.92 Å². The Bertz CT molecular complexity index is 331. The number of rotatable bonds is 6. The molecular formula is C14H22BrNS. The average Bonchev–Trinajstić information content (AvgIpc) is 2.96. The molecule has 1 saturated carbocycles. The van der Waals surface area contributed by atoms with Crippen molar-refractivity contribution in [2.75, 3.05) is 6.54 Å². The summed E-state index contributed by atoms with van der Waals surface area (Å²) in [7, 11) is 0. The van der Waals surface area contributed by atoms with Crippen LogP contribution < -0.4 is 5.32 Å². The quantitative estimate of drug-likeness (QED) is 0.808. The molecule has 1 aromatic rings. The van der Waals surface area contributed by atoms with Crippen LogP contribution in [-0.4, -0.2) is 12.6 Å². The van der Waals surface area contributed by atoms with E-state index in [1.807, 2.05) is 11.3 Å². The zero-order valence-corrected chi connectivity index (χ0v) is 12.9. The molecule has 0 aromatic carbocycles. The van der Waals surface area contributed by atoms with E-state index in [9.17, 15) is 0 Å². The molecule has 1 unspecified atom stereocenters. The first-order valence-corrected chi connectivity index (χ1v) is 8.43. The summed E-state index contributed by atoms with van der Waals surface area (Å²) in [5, 5.41) is 5.95. The lowest BCUT2D eigenvalue weighted by molar-refractivity contribution is 0.358. The van der Waals surface area contributed by atoms with Gasteiger partial charge in [0.05, 0.1) is 0 Å². The number of hydrogen-bond acceptors (Lipinski definition) is 2. The minimum atomic E-state index is 0.687. The molecule has 0 spiro atoms. The van der Waals surface area contributed by atoms with E-state index in [-0.39, 0.29) is 0 Å². The third kappa shape index (κ3) is 3.80. The Hall–Kier alpha value is 0.140. The van der Waals surface area contributed by atoms with Crippen LogP contribution in [0.1, 0.15) is 43.9 Å². The molecule has 17 heavy (non-hydrogen) atoms. The molecule has 1 fully saturated rings. The monoisotopic (exact) mass is 315 g/mol. The van der Waals surface area contributed by atoms with Crippen LogP contribution in [0.2, 0.25) is 0 Å². The fourth-order valence-electron chi connectivity index (χ4n) is 2.77. The number of thiophene rings is 1. The van der Waals surface area contributed by atoms with Gasteiger partial charge >= 0.3 is 0 Å². The van der Waals surface area contributed by atoms with E-state index in [2.05, 4.69) is 39.6 Å². The van der Waals surface area contributed by atoms with Gasteiger partial charge in [-0.2, -0.15) is 0 Å². The smallest absolute Gasteiger partial charge is 0.0314 e. The Labute approximate surface area is 117 Å². The fourth-order valence-corrected chi connectivity index (χ4v) is 4.34. The topological polar surface area (TPSA) is 12.0 Å². The number of hydrogen-bond donors (Lipinski definition) is 1. The second-order valence-electron chi connectivity index (χ2n) is 5.00. The summed E-state index contributed by atoms with van der Waals surface area (Å²) in [5.74, 6) is 0.899. The molecular weight excluding hydrogens is 294 g/mol. The molecule has 1 aromatic heterocycles. The fraction of sp³-hybridized carbons (Fsp3) is 0.714. The molecule has 0 amide bonds. The van der Waals surface area contributed by atoms with Crippen molar-refractivity contribution in [1.82, 2.24) is 5.32 Å². The summed E-state index contributed by atoms with van der Waals surface area (Å²) >= 11 is 5.54. The minimum absolute atomic E-state index is 0.687. The van der Waals surface area contributed by atoms with Gasteiger partial charge in [-0.15, -0.1) is 11.3 Å². The third-order valence-electron chi connectivity index (χ3n) is 3.72. The molecule has 1 atom stereocenters. The van der Waals surface area contributed by atoms with Crippen molar-refractivity contribution in [3.63, 3.8) is 0 Å². The highest BCUT2D eigenvalue weighted by molar-refractivity contribution is 9.10. The highest BCUT2D eigenvalue weighted by Crippen LogP contribution is 2.32. The lowest BCUT2D eigenvalue weighted by atomic mass is 9.94. The summed E-state index contributed by atoms with van der Waals surface area (Å²) in [5.41, 5.74) is 0. The van der Waals surface area contributed by atoms with Gasteiger partial charge in [-0.05, 0) is 65.5 Å². The summed E-state index contributed by atoms with van der Waals surface area (Å²) in [6, 6.07) is 2.86. The van der Waals surface area contributed by atoms with Crippen molar-refractivity contribution in [2.24, 2.45) is 5.92 Å². The highest BCUT2D eigenvalue weighted by atomic mass is 79.9. The largest absolute Gasteiger partial charge is 0.313 e. The van der Waals surface area contributed by atoms with Crippen molar-refractivity contribution < 1.29 is 0 Å². The zero-order chi connectivity index (χ0) is 12.1. The van der Waals surface area contributed by atoms with E-state index >= 15 is 0 Å². The molecule has 0 radical (unpaired) electrons. The van der Waals surface area contributed by atoms with Crippen LogP contribution in [-0.2, 0) is 6.42 Å². The van der Waals surface area contributed by atoms with Gasteiger partial charge in [0.2, 0.25) is 0 Å². The summed E-state index contributed by atoms with van der Waals surface area (Å²) in [4.78, 5) is 1.51. The van der Waals surface area contributed by atoms with E-state index < -0.39 is 0 Å². The maximum Gasteiger partial charge on any atom is 0.0314 e. The minimum Gasteiger partial charge on any atom is -0.313 e. The molecule has 1 N–H and O–H groups in total. The lowest BCUT2D eigenvalue weighted by Crippen LogP contribution is -2.37. The standard InChI is InChI=1S/C14H22BrNS/c1-2-8-16-13(11-5-3-4-6-11)10-14-12(15)7-9-17-14/h7,9,11,13,16H,2-6,8,10H2,1H3. The van der Waals surface area contributed by atoms with Crippen LogP contribution in [0.4, 0.5) is 0 Å². The van der Waals surface area contributed by atoms with Gasteiger partial charge in [-0.1, -0.05) is 19.8 Å². The zero-order valence-electron chi connectivity index (χ0n) is 10.5. The molecule has 1 heterocycles. The van der Waals surface area contributed by atoms with Crippen molar-refractivity contribution in [3.8, 4) is 0 Å². The summed E-state index contributed by atoms with van der Waals surface area (Å²) in [6.45, 7) is 3.41. The van der Waals surface area contributed by atoms with Gasteiger partial charge in [0.15, 0.2) is 0 Å². The van der Waals surface area contributed by atoms with Gasteiger partial charge in [0.25, 0.3) is 0 Å². The third-order valence-corrected chi connectivity index (χ3v) is 5.67. The average molecular weight is 316 g/mol. The molecule has 1 aliphatic carbocycles. The van der Waals surface area contributed by atoms with E-state index in [0.29, 0.717) is 6.04 Å². The molecule has 0 aliphatic heterocycles. The Morgan fingerprint density at radius 2 is 2.24 bits per heavy atom. The first-order valence-electron chi connectivity index (χ1n) is 6.76. The molecule has 0 saturated heterocycles. The summed E-state index contributed by atoms with van der Waals surface area (Å²) < 4.78 is 1.30. The van der Waals surface area contributed by atoms with Crippen molar-refractivity contribution in [2.45, 2.75) is 51.5 Å². The lowest BCUT2D eigenvalue weighted by Gasteiger charge is -2.24. The highest BCUT2D eigenvalue weighted by Gasteiger charge is 2.25. The molecule has 0 bridgehead atoms. The van der Waals surface area contributed by atoms with Crippen LogP contribution >= 0.6 is 27.3 Å². The van der Waals surface area contributed by atoms with E-state index in [0.717, 1.165) is 12.5 Å². The van der Waals surface area contributed by atoms with Crippen molar-refractivity contribution in [3.05, 3.63) is 20.8 Å². The Morgan fingerprint density at radius 3 is 2.82 bits per heavy atom. The van der Waals surface area contributed by atoms with E-state index in [1.54, 1.807) is 0 Å². The van der Waals surface area contributed by atoms with Gasteiger partial charge in [0.1, 0.15) is 0 Å². The molecule has 96 valence electrons. The number of nitrogens with one attached hydrogen (secondary N) is 1. The second-order valence-corrected chi connectivity index (χ2v) is 6.86. The first-order chi connectivity index (χ1) is 8.31. The SMILES string of the molecule is CCCNC(Cc1sccc1Br)C1CCCC1. The molecule has 3 heteroatoms. The molecule has 1 nitrogen and oxygen atoms in total. The number of halogens is 1. The van der Waals surface area contributed by atoms with Gasteiger partial charge in [-0.25, -0.2) is 0 Å². The van der Waals surface area contributed by atoms with Gasteiger partial charge < -0.3 is 5.32 Å². The Morgan fingerprint density at radius 1 is 1.47 bits per heavy atom. The predicted molar refractivity (Wildman–Crippen MR) is 79.8 cm³/mol. The summed E-state index contributed by atoms with van der Waals surface area (Å²) in [6.07, 6.45) is 8.13. The molecule has 1 aliphatic rings. The maximum atomic E-state index is 3.76. The first kappa shape index (κ1) is 13.6. The van der Waals surface area contributed by atoms with Gasteiger partial charge in [0, 0.05) is 15.4 Å². The van der Waals surface area contributed by atoms with Crippen LogP contribution in [0.15, 0.2) is 15.9 Å². The normalized spacial score (nSPS) is 18.7. The Kier molecular flexibility index (Phi) is 5.51. The van der Waals surface area contributed by atoms with E-state index in [4.69, 9.17) is 0 Å². The second kappa shape index (κ2) is 6.91.